The summed E-state index contributed by atoms with van der Waals surface area (Å²) >= 11 is 1.45. The van der Waals surface area contributed by atoms with Gasteiger partial charge in [-0.25, -0.2) is 0 Å². The predicted octanol–water partition coefficient (Wildman–Crippen LogP) is 5.04. The molecule has 0 saturated heterocycles. The summed E-state index contributed by atoms with van der Waals surface area (Å²) < 4.78 is 33.9. The van der Waals surface area contributed by atoms with E-state index in [0.717, 1.165) is 11.1 Å². The van der Waals surface area contributed by atoms with Gasteiger partial charge in [0.2, 0.25) is 5.91 Å². The van der Waals surface area contributed by atoms with Gasteiger partial charge in [-0.3, -0.25) is 4.79 Å². The maximum Gasteiger partial charge on any atom is 0.387 e. The lowest BCUT2D eigenvalue weighted by Gasteiger charge is -2.14. The SMILES string of the molecule is COc1ccc(C)cc1NC(=O)CSC(C)c1ccc(OC(F)F)cc1. The second-order valence-corrected chi connectivity index (χ2v) is 6.98. The molecule has 26 heavy (non-hydrogen) atoms. The standard InChI is InChI=1S/C19H21F2NO3S/c1-12-4-9-17(24-3)16(10-12)22-18(23)11-26-13(2)14-5-7-15(8-6-14)25-19(20)21/h4-10,13,19H,11H2,1-3H3,(H,22,23). The lowest BCUT2D eigenvalue weighted by molar-refractivity contribution is -0.113. The zero-order valence-corrected chi connectivity index (χ0v) is 15.6. The van der Waals surface area contributed by atoms with Crippen LogP contribution in [0.2, 0.25) is 0 Å². The number of methoxy groups -OCH3 is 1. The third kappa shape index (κ3) is 5.91. The van der Waals surface area contributed by atoms with E-state index in [0.29, 0.717) is 11.4 Å². The average Bonchev–Trinajstić information content (AvgIpc) is 2.60. The van der Waals surface area contributed by atoms with Crippen molar-refractivity contribution in [3.63, 3.8) is 0 Å². The molecule has 0 saturated carbocycles. The minimum absolute atomic E-state index is 0.0285. The number of halogens is 2. The number of thioether (sulfide) groups is 1. The van der Waals surface area contributed by atoms with Gasteiger partial charge in [0.25, 0.3) is 0 Å². The number of ether oxygens (including phenoxy) is 2. The molecule has 0 heterocycles. The smallest absolute Gasteiger partial charge is 0.387 e. The zero-order chi connectivity index (χ0) is 19.1. The van der Waals surface area contributed by atoms with Gasteiger partial charge in [0, 0.05) is 5.25 Å². The van der Waals surface area contributed by atoms with Crippen LogP contribution < -0.4 is 14.8 Å². The summed E-state index contributed by atoms with van der Waals surface area (Å²) in [7, 11) is 1.55. The highest BCUT2D eigenvalue weighted by Gasteiger charge is 2.12. The number of rotatable bonds is 8. The molecule has 1 unspecified atom stereocenters. The number of aryl methyl sites for hydroxylation is 1. The molecule has 0 aliphatic rings. The Balaban J connectivity index is 1.89. The molecule has 4 nitrogen and oxygen atoms in total. The van der Waals surface area contributed by atoms with Crippen LogP contribution >= 0.6 is 11.8 Å². The van der Waals surface area contributed by atoms with Crippen LogP contribution in [0.4, 0.5) is 14.5 Å². The van der Waals surface area contributed by atoms with Gasteiger partial charge in [-0.15, -0.1) is 11.8 Å². The number of carbonyl (C=O) groups excluding carboxylic acids is 1. The van der Waals surface area contributed by atoms with Crippen molar-refractivity contribution in [2.24, 2.45) is 0 Å². The van der Waals surface area contributed by atoms with Crippen LogP contribution in [0.25, 0.3) is 0 Å². The molecule has 0 radical (unpaired) electrons. The minimum atomic E-state index is -2.84. The molecule has 0 fully saturated rings. The van der Waals surface area contributed by atoms with Crippen molar-refractivity contribution < 1.29 is 23.0 Å². The summed E-state index contributed by atoms with van der Waals surface area (Å²) in [6.45, 7) is 1.05. The number of anilines is 1. The molecule has 0 aliphatic heterocycles. The number of nitrogens with one attached hydrogen (secondary N) is 1. The molecule has 2 aromatic carbocycles. The number of amides is 1. The molecule has 7 heteroatoms. The summed E-state index contributed by atoms with van der Waals surface area (Å²) in [5, 5.41) is 2.88. The van der Waals surface area contributed by atoms with E-state index in [4.69, 9.17) is 4.74 Å². The molecule has 140 valence electrons. The van der Waals surface area contributed by atoms with E-state index in [-0.39, 0.29) is 22.7 Å². The Bertz CT molecular complexity index is 738. The Labute approximate surface area is 155 Å². The van der Waals surface area contributed by atoms with Gasteiger partial charge in [-0.05, 0) is 49.2 Å². The molecule has 0 spiro atoms. The molecule has 0 aromatic heterocycles. The van der Waals surface area contributed by atoms with Crippen LogP contribution in [0.3, 0.4) is 0 Å². The van der Waals surface area contributed by atoms with Crippen LogP contribution in [0.1, 0.15) is 23.3 Å². The van der Waals surface area contributed by atoms with E-state index >= 15 is 0 Å². The van der Waals surface area contributed by atoms with Gasteiger partial charge in [0.1, 0.15) is 11.5 Å². The van der Waals surface area contributed by atoms with Crippen molar-refractivity contribution in [3.05, 3.63) is 53.6 Å². The van der Waals surface area contributed by atoms with Crippen molar-refractivity contribution in [2.45, 2.75) is 25.7 Å². The lowest BCUT2D eigenvalue weighted by Crippen LogP contribution is -2.15. The van der Waals surface area contributed by atoms with Gasteiger partial charge < -0.3 is 14.8 Å². The van der Waals surface area contributed by atoms with Crippen molar-refractivity contribution >= 4 is 23.4 Å². The van der Waals surface area contributed by atoms with Crippen molar-refractivity contribution in [3.8, 4) is 11.5 Å². The maximum atomic E-state index is 12.2. The second kappa shape index (κ2) is 9.43. The fraction of sp³-hybridized carbons (Fsp3) is 0.316. The summed E-state index contributed by atoms with van der Waals surface area (Å²) in [6, 6.07) is 12.0. The Morgan fingerprint density at radius 3 is 2.50 bits per heavy atom. The highest BCUT2D eigenvalue weighted by molar-refractivity contribution is 8.00. The van der Waals surface area contributed by atoms with Crippen LogP contribution in [0.15, 0.2) is 42.5 Å². The van der Waals surface area contributed by atoms with E-state index in [2.05, 4.69) is 10.1 Å². The highest BCUT2D eigenvalue weighted by atomic mass is 32.2. The minimum Gasteiger partial charge on any atom is -0.495 e. The van der Waals surface area contributed by atoms with Gasteiger partial charge in [-0.2, -0.15) is 8.78 Å². The van der Waals surface area contributed by atoms with Gasteiger partial charge in [0.15, 0.2) is 0 Å². The fourth-order valence-electron chi connectivity index (χ4n) is 2.32. The number of alkyl halides is 2. The number of benzene rings is 2. The zero-order valence-electron chi connectivity index (χ0n) is 14.8. The fourth-order valence-corrected chi connectivity index (χ4v) is 3.15. The summed E-state index contributed by atoms with van der Waals surface area (Å²) in [6.07, 6.45) is 0. The Morgan fingerprint density at radius 1 is 1.19 bits per heavy atom. The predicted molar refractivity (Wildman–Crippen MR) is 100 cm³/mol. The van der Waals surface area contributed by atoms with Crippen LogP contribution in [-0.2, 0) is 4.79 Å². The molecule has 1 N–H and O–H groups in total. The quantitative estimate of drug-likeness (QED) is 0.696. The third-order valence-corrected chi connectivity index (χ3v) is 4.87. The molecule has 2 aromatic rings. The van der Waals surface area contributed by atoms with Gasteiger partial charge in [0.05, 0.1) is 18.6 Å². The van der Waals surface area contributed by atoms with Gasteiger partial charge in [-0.1, -0.05) is 18.2 Å². The Kier molecular flexibility index (Phi) is 7.26. The molecule has 1 atom stereocenters. The summed E-state index contributed by atoms with van der Waals surface area (Å²) in [5.74, 6) is 0.846. The summed E-state index contributed by atoms with van der Waals surface area (Å²) in [5.41, 5.74) is 2.59. The van der Waals surface area contributed by atoms with E-state index in [1.807, 2.05) is 32.0 Å². The van der Waals surface area contributed by atoms with Crippen LogP contribution in [-0.4, -0.2) is 25.4 Å². The first-order valence-corrected chi connectivity index (χ1v) is 9.04. The first kappa shape index (κ1) is 20.0. The molecule has 0 aliphatic carbocycles. The first-order chi connectivity index (χ1) is 12.4. The normalized spacial score (nSPS) is 11.9. The second-order valence-electron chi connectivity index (χ2n) is 5.65. The molecular weight excluding hydrogens is 360 g/mol. The summed E-state index contributed by atoms with van der Waals surface area (Å²) in [4.78, 5) is 12.2. The molecule has 1 amide bonds. The van der Waals surface area contributed by atoms with Crippen molar-refractivity contribution in [1.82, 2.24) is 0 Å². The number of hydrogen-bond acceptors (Lipinski definition) is 4. The monoisotopic (exact) mass is 381 g/mol. The molecular formula is C19H21F2NO3S. The van der Waals surface area contributed by atoms with Crippen molar-refractivity contribution in [1.29, 1.82) is 0 Å². The molecule has 2 rings (SSSR count). The van der Waals surface area contributed by atoms with Crippen LogP contribution in [0, 0.1) is 6.92 Å². The maximum absolute atomic E-state index is 12.2. The van der Waals surface area contributed by atoms with E-state index in [1.54, 1.807) is 19.2 Å². The highest BCUT2D eigenvalue weighted by Crippen LogP contribution is 2.30. The topological polar surface area (TPSA) is 47.6 Å². The average molecular weight is 381 g/mol. The van der Waals surface area contributed by atoms with E-state index in [9.17, 15) is 13.6 Å². The van der Waals surface area contributed by atoms with Gasteiger partial charge >= 0.3 is 6.61 Å². The Hall–Kier alpha value is -2.28. The largest absolute Gasteiger partial charge is 0.495 e. The van der Waals surface area contributed by atoms with Crippen LogP contribution in [0.5, 0.6) is 11.5 Å². The van der Waals surface area contributed by atoms with E-state index < -0.39 is 6.61 Å². The Morgan fingerprint density at radius 2 is 1.88 bits per heavy atom. The number of hydrogen-bond donors (Lipinski definition) is 1. The molecule has 0 bridgehead atoms. The van der Waals surface area contributed by atoms with E-state index in [1.165, 1.54) is 23.9 Å². The first-order valence-electron chi connectivity index (χ1n) is 8.00. The van der Waals surface area contributed by atoms with Crippen molar-refractivity contribution in [2.75, 3.05) is 18.2 Å². The third-order valence-electron chi connectivity index (χ3n) is 3.67. The number of carbonyl (C=O) groups is 1. The lowest BCUT2D eigenvalue weighted by atomic mass is 10.2.